The number of nitrogens with zero attached hydrogens (tertiary/aromatic N) is 6. The zero-order valence-electron chi connectivity index (χ0n) is 24.8. The van der Waals surface area contributed by atoms with Crippen LogP contribution >= 0.6 is 0 Å². The third-order valence-electron chi connectivity index (χ3n) is 7.52. The molecule has 0 aliphatic heterocycles. The lowest BCUT2D eigenvalue weighted by molar-refractivity contribution is -0.137. The van der Waals surface area contributed by atoms with Gasteiger partial charge in [-0.05, 0) is 61.0 Å². The molecule has 3 aromatic carbocycles. The monoisotopic (exact) mass is 658 g/mol. The third-order valence-corrected chi connectivity index (χ3v) is 8.39. The molecule has 0 amide bonds. The fourth-order valence-electron chi connectivity index (χ4n) is 5.18. The second kappa shape index (κ2) is 12.0. The van der Waals surface area contributed by atoms with Gasteiger partial charge in [-0.3, -0.25) is 23.7 Å². The van der Waals surface area contributed by atoms with Crippen LogP contribution in [0.1, 0.15) is 11.1 Å². The van der Waals surface area contributed by atoms with Gasteiger partial charge in [0.2, 0.25) is 0 Å². The molecule has 1 N–H and O–H groups in total. The summed E-state index contributed by atoms with van der Waals surface area (Å²) < 4.78 is 75.9. The number of halogens is 3. The van der Waals surface area contributed by atoms with Crippen LogP contribution in [0, 0.1) is 6.92 Å². The highest BCUT2D eigenvalue weighted by molar-refractivity contribution is 7.85. The predicted molar refractivity (Wildman–Crippen MR) is 170 cm³/mol. The van der Waals surface area contributed by atoms with E-state index in [9.17, 15) is 26.4 Å². The standard InChI is InChI=1S/C26H17F3N6O.C7H8O3S/c1-33-23-14-32-21-6-4-16(17-3-2-8-30-13-17)11-19(21)24(23)35(25(33)36)18-5-7-22(34-10-9-31-15-34)20(12-18)26(27,28)29;1-6-2-4-7(5-3-6)11(8,9)10/h2-15H,1H3;2-5H,1H3,(H,8,9,10). The molecule has 7 rings (SSSR count). The molecule has 0 aliphatic carbocycles. The summed E-state index contributed by atoms with van der Waals surface area (Å²) >= 11 is 0. The van der Waals surface area contributed by atoms with Gasteiger partial charge in [0.1, 0.15) is 0 Å². The highest BCUT2D eigenvalue weighted by atomic mass is 32.2. The van der Waals surface area contributed by atoms with Crippen LogP contribution in [-0.2, 0) is 23.3 Å². The first-order valence-corrected chi connectivity index (χ1v) is 15.4. The first-order valence-electron chi connectivity index (χ1n) is 14.0. The molecular weight excluding hydrogens is 633 g/mol. The first-order chi connectivity index (χ1) is 22.3. The summed E-state index contributed by atoms with van der Waals surface area (Å²) in [5, 5.41) is 0.638. The zero-order chi connectivity index (χ0) is 33.5. The Kier molecular flexibility index (Phi) is 7.99. The molecule has 14 heteroatoms. The summed E-state index contributed by atoms with van der Waals surface area (Å²) in [6.07, 6.45) is 4.44. The van der Waals surface area contributed by atoms with E-state index in [0.29, 0.717) is 21.9 Å². The molecule has 0 radical (unpaired) electrons. The molecule has 4 heterocycles. The highest BCUT2D eigenvalue weighted by Crippen LogP contribution is 2.36. The quantitative estimate of drug-likeness (QED) is 0.218. The van der Waals surface area contributed by atoms with Gasteiger partial charge in [-0.25, -0.2) is 9.78 Å². The molecule has 4 aromatic heterocycles. The predicted octanol–water partition coefficient (Wildman–Crippen LogP) is 6.39. The molecule has 0 unspecified atom stereocenters. The molecule has 7 aromatic rings. The number of benzene rings is 3. The molecule has 0 atom stereocenters. The Hall–Kier alpha value is -5.60. The highest BCUT2D eigenvalue weighted by Gasteiger charge is 2.35. The van der Waals surface area contributed by atoms with E-state index in [1.165, 1.54) is 56.7 Å². The van der Waals surface area contributed by atoms with Gasteiger partial charge in [0.05, 0.1) is 50.9 Å². The topological polar surface area (TPSA) is 125 Å². The van der Waals surface area contributed by atoms with E-state index in [2.05, 4.69) is 15.0 Å². The fourth-order valence-corrected chi connectivity index (χ4v) is 5.66. The van der Waals surface area contributed by atoms with Crippen molar-refractivity contribution in [3.63, 3.8) is 0 Å². The summed E-state index contributed by atoms with van der Waals surface area (Å²) in [6, 6.07) is 19.1. The Morgan fingerprint density at radius 2 is 1.64 bits per heavy atom. The lowest BCUT2D eigenvalue weighted by atomic mass is 10.0. The fraction of sp³-hybridized carbons (Fsp3) is 0.0909. The van der Waals surface area contributed by atoms with Gasteiger partial charge in [0.15, 0.2) is 0 Å². The van der Waals surface area contributed by atoms with E-state index in [1.807, 2.05) is 37.3 Å². The van der Waals surface area contributed by atoms with Crippen molar-refractivity contribution in [1.82, 2.24) is 28.7 Å². The molecule has 0 saturated carbocycles. The Balaban J connectivity index is 0.000000300. The van der Waals surface area contributed by atoms with Crippen LogP contribution in [0.5, 0.6) is 0 Å². The largest absolute Gasteiger partial charge is 0.418 e. The summed E-state index contributed by atoms with van der Waals surface area (Å²) in [7, 11) is -2.45. The molecular formula is C33H25F3N6O4S. The molecule has 47 heavy (non-hydrogen) atoms. The molecule has 10 nitrogen and oxygen atoms in total. The normalized spacial score (nSPS) is 11.9. The van der Waals surface area contributed by atoms with Crippen LogP contribution in [0.25, 0.3) is 44.4 Å². The van der Waals surface area contributed by atoms with E-state index in [4.69, 9.17) is 4.55 Å². The van der Waals surface area contributed by atoms with Gasteiger partial charge in [0.25, 0.3) is 10.1 Å². The third kappa shape index (κ3) is 6.15. The number of imidazole rings is 2. The number of hydrogen-bond acceptors (Lipinski definition) is 6. The minimum Gasteiger partial charge on any atom is -0.306 e. The van der Waals surface area contributed by atoms with E-state index in [0.717, 1.165) is 22.8 Å². The number of rotatable bonds is 4. The first kappa shape index (κ1) is 31.4. The Labute approximate surface area is 265 Å². The number of fused-ring (bicyclic) bond motifs is 3. The van der Waals surface area contributed by atoms with Gasteiger partial charge in [0, 0.05) is 42.8 Å². The number of pyridine rings is 2. The lowest BCUT2D eigenvalue weighted by Crippen LogP contribution is -2.21. The Morgan fingerprint density at radius 3 is 2.28 bits per heavy atom. The number of aryl methyl sites for hydroxylation is 2. The van der Waals surface area contributed by atoms with Crippen molar-refractivity contribution in [2.24, 2.45) is 7.05 Å². The summed E-state index contributed by atoms with van der Waals surface area (Å²) in [5.41, 5.74) is 2.92. The van der Waals surface area contributed by atoms with Gasteiger partial charge < -0.3 is 4.57 Å². The molecule has 0 bridgehead atoms. The van der Waals surface area contributed by atoms with Crippen LogP contribution in [-0.4, -0.2) is 41.6 Å². The minimum atomic E-state index is -4.65. The van der Waals surface area contributed by atoms with E-state index in [-0.39, 0.29) is 16.3 Å². The van der Waals surface area contributed by atoms with Crippen molar-refractivity contribution in [1.29, 1.82) is 0 Å². The van der Waals surface area contributed by atoms with E-state index >= 15 is 0 Å². The molecule has 0 spiro atoms. The molecule has 0 fully saturated rings. The molecule has 0 saturated heterocycles. The maximum Gasteiger partial charge on any atom is 0.418 e. The second-order valence-electron chi connectivity index (χ2n) is 10.6. The van der Waals surface area contributed by atoms with Gasteiger partial charge >= 0.3 is 11.9 Å². The number of alkyl halides is 3. The van der Waals surface area contributed by atoms with E-state index < -0.39 is 27.5 Å². The van der Waals surface area contributed by atoms with E-state index in [1.54, 1.807) is 37.8 Å². The van der Waals surface area contributed by atoms with Gasteiger partial charge in [-0.1, -0.05) is 29.8 Å². The average molecular weight is 659 g/mol. The average Bonchev–Trinajstić information content (AvgIpc) is 3.67. The van der Waals surface area contributed by atoms with Gasteiger partial charge in [-0.2, -0.15) is 21.6 Å². The second-order valence-corrected chi connectivity index (χ2v) is 12.0. The summed E-state index contributed by atoms with van der Waals surface area (Å²) in [4.78, 5) is 25.8. The van der Waals surface area contributed by atoms with Crippen molar-refractivity contribution in [3.05, 3.63) is 132 Å². The van der Waals surface area contributed by atoms with Crippen LogP contribution in [0.2, 0.25) is 0 Å². The van der Waals surface area contributed by atoms with Crippen LogP contribution in [0.15, 0.2) is 120 Å². The summed E-state index contributed by atoms with van der Waals surface area (Å²) in [6.45, 7) is 1.84. The van der Waals surface area contributed by atoms with Crippen LogP contribution < -0.4 is 5.69 Å². The van der Waals surface area contributed by atoms with Crippen LogP contribution in [0.4, 0.5) is 13.2 Å². The van der Waals surface area contributed by atoms with Crippen molar-refractivity contribution >= 4 is 32.1 Å². The number of hydrogen-bond donors (Lipinski definition) is 1. The maximum atomic E-state index is 14.1. The van der Waals surface area contributed by atoms with Crippen molar-refractivity contribution < 1.29 is 26.1 Å². The molecule has 0 aliphatic rings. The minimum absolute atomic E-state index is 0.0666. The SMILES string of the molecule is Cc1ccc(S(=O)(=O)O)cc1.Cn1c(=O)n(-c2ccc(-n3ccnc3)c(C(F)(F)F)c2)c2c3cc(-c4cccnc4)ccc3ncc21. The smallest absolute Gasteiger partial charge is 0.306 e. The zero-order valence-corrected chi connectivity index (χ0v) is 25.6. The van der Waals surface area contributed by atoms with Crippen molar-refractivity contribution in [2.75, 3.05) is 0 Å². The van der Waals surface area contributed by atoms with Crippen molar-refractivity contribution in [3.8, 4) is 22.5 Å². The number of aromatic nitrogens is 6. The van der Waals surface area contributed by atoms with Crippen molar-refractivity contribution in [2.45, 2.75) is 18.0 Å². The summed E-state index contributed by atoms with van der Waals surface area (Å²) in [5.74, 6) is 0. The van der Waals surface area contributed by atoms with Crippen LogP contribution in [0.3, 0.4) is 0 Å². The Morgan fingerprint density at radius 1 is 0.872 bits per heavy atom. The Bertz CT molecular complexity index is 2400. The maximum absolute atomic E-state index is 14.1. The van der Waals surface area contributed by atoms with Gasteiger partial charge in [-0.15, -0.1) is 0 Å². The lowest BCUT2D eigenvalue weighted by Gasteiger charge is -2.16. The molecule has 238 valence electrons.